The van der Waals surface area contributed by atoms with Crippen molar-refractivity contribution in [2.75, 3.05) is 12.8 Å². The molecule has 0 aromatic heterocycles. The summed E-state index contributed by atoms with van der Waals surface area (Å²) in [6.45, 7) is 1.97. The second-order valence-corrected chi connectivity index (χ2v) is 4.38. The number of hydrogen-bond donors (Lipinski definition) is 1. The number of hydrogen-bond acceptors (Lipinski definition) is 3. The van der Waals surface area contributed by atoms with Gasteiger partial charge in [0.25, 0.3) is 0 Å². The molecule has 0 heterocycles. The highest BCUT2D eigenvalue weighted by Crippen LogP contribution is 2.34. The van der Waals surface area contributed by atoms with Gasteiger partial charge in [0.15, 0.2) is 11.5 Å². The van der Waals surface area contributed by atoms with Gasteiger partial charge in [0.1, 0.15) is 0 Å². The predicted octanol–water partition coefficient (Wildman–Crippen LogP) is 2.91. The molecule has 0 bridgehead atoms. The Morgan fingerprint density at radius 2 is 1.88 bits per heavy atom. The quantitative estimate of drug-likeness (QED) is 0.798. The molecule has 1 aliphatic carbocycles. The average Bonchev–Trinajstić information content (AvgIpc) is 2.76. The van der Waals surface area contributed by atoms with Crippen LogP contribution < -0.4 is 15.2 Å². The van der Waals surface area contributed by atoms with Crippen molar-refractivity contribution in [2.45, 2.75) is 38.7 Å². The van der Waals surface area contributed by atoms with E-state index >= 15 is 0 Å². The Hall–Kier alpha value is -1.38. The maximum atomic E-state index is 5.93. The lowest BCUT2D eigenvalue weighted by Crippen LogP contribution is -2.12. The molecule has 2 rings (SSSR count). The zero-order chi connectivity index (χ0) is 11.5. The summed E-state index contributed by atoms with van der Waals surface area (Å²) in [5.41, 5.74) is 7.66. The molecular formula is C13H19NO2. The molecule has 0 atom stereocenters. The van der Waals surface area contributed by atoms with Crippen LogP contribution in [0.4, 0.5) is 5.69 Å². The summed E-state index contributed by atoms with van der Waals surface area (Å²) in [6.07, 6.45) is 5.12. The zero-order valence-corrected chi connectivity index (χ0v) is 9.95. The van der Waals surface area contributed by atoms with E-state index in [2.05, 4.69) is 0 Å². The third-order valence-corrected chi connectivity index (χ3v) is 3.15. The van der Waals surface area contributed by atoms with E-state index in [1.54, 1.807) is 7.11 Å². The minimum absolute atomic E-state index is 0.330. The van der Waals surface area contributed by atoms with Crippen molar-refractivity contribution in [1.82, 2.24) is 0 Å². The third kappa shape index (κ3) is 2.23. The van der Waals surface area contributed by atoms with Crippen LogP contribution in [0.15, 0.2) is 12.1 Å². The Balaban J connectivity index is 2.20. The van der Waals surface area contributed by atoms with Crippen LogP contribution in [0.3, 0.4) is 0 Å². The lowest BCUT2D eigenvalue weighted by molar-refractivity contribution is 0.201. The third-order valence-electron chi connectivity index (χ3n) is 3.15. The van der Waals surface area contributed by atoms with Crippen molar-refractivity contribution >= 4 is 5.69 Å². The van der Waals surface area contributed by atoms with Crippen molar-refractivity contribution in [1.29, 1.82) is 0 Å². The van der Waals surface area contributed by atoms with Crippen molar-refractivity contribution in [3.05, 3.63) is 17.7 Å². The first-order valence-electron chi connectivity index (χ1n) is 5.81. The van der Waals surface area contributed by atoms with E-state index in [4.69, 9.17) is 15.2 Å². The smallest absolute Gasteiger partial charge is 0.163 e. The number of aryl methyl sites for hydroxylation is 1. The normalized spacial score (nSPS) is 16.4. The van der Waals surface area contributed by atoms with Crippen molar-refractivity contribution in [3.63, 3.8) is 0 Å². The highest BCUT2D eigenvalue weighted by atomic mass is 16.5. The van der Waals surface area contributed by atoms with Gasteiger partial charge in [0.2, 0.25) is 0 Å². The fourth-order valence-electron chi connectivity index (χ4n) is 2.11. The number of anilines is 1. The first-order chi connectivity index (χ1) is 7.70. The van der Waals surface area contributed by atoms with E-state index in [0.717, 1.165) is 35.6 Å². The second kappa shape index (κ2) is 4.64. The Labute approximate surface area is 96.5 Å². The van der Waals surface area contributed by atoms with Gasteiger partial charge in [0, 0.05) is 11.8 Å². The van der Waals surface area contributed by atoms with Crippen molar-refractivity contribution in [3.8, 4) is 11.5 Å². The van der Waals surface area contributed by atoms with Gasteiger partial charge in [-0.1, -0.05) is 0 Å². The maximum absolute atomic E-state index is 5.93. The number of nitrogen functional groups attached to an aromatic ring is 1. The minimum atomic E-state index is 0.330. The Kier molecular flexibility index (Phi) is 3.22. The molecule has 2 N–H and O–H groups in total. The average molecular weight is 221 g/mol. The summed E-state index contributed by atoms with van der Waals surface area (Å²) >= 11 is 0. The zero-order valence-electron chi connectivity index (χ0n) is 9.95. The van der Waals surface area contributed by atoms with Crippen LogP contribution in [-0.2, 0) is 0 Å². The van der Waals surface area contributed by atoms with E-state index in [1.165, 1.54) is 12.8 Å². The summed E-state index contributed by atoms with van der Waals surface area (Å²) in [5.74, 6) is 1.55. The molecular weight excluding hydrogens is 202 g/mol. The molecule has 3 heteroatoms. The van der Waals surface area contributed by atoms with Crippen LogP contribution in [0.2, 0.25) is 0 Å². The van der Waals surface area contributed by atoms with E-state index in [1.807, 2.05) is 19.1 Å². The standard InChI is InChI=1S/C13H19NO2/c1-9-7-12(15-2)13(8-11(9)14)16-10-5-3-4-6-10/h7-8,10H,3-6,14H2,1-2H3. The van der Waals surface area contributed by atoms with E-state index < -0.39 is 0 Å². The Morgan fingerprint density at radius 1 is 1.19 bits per heavy atom. The number of rotatable bonds is 3. The van der Waals surface area contributed by atoms with Gasteiger partial charge in [-0.25, -0.2) is 0 Å². The molecule has 0 amide bonds. The summed E-state index contributed by atoms with van der Waals surface area (Å²) < 4.78 is 11.2. The van der Waals surface area contributed by atoms with Gasteiger partial charge in [-0.15, -0.1) is 0 Å². The molecule has 0 unspecified atom stereocenters. The molecule has 1 aromatic carbocycles. The maximum Gasteiger partial charge on any atom is 0.163 e. The molecule has 1 aromatic rings. The molecule has 16 heavy (non-hydrogen) atoms. The number of ether oxygens (including phenoxy) is 2. The lowest BCUT2D eigenvalue weighted by atomic mass is 10.2. The first kappa shape index (κ1) is 11.1. The minimum Gasteiger partial charge on any atom is -0.493 e. The first-order valence-corrected chi connectivity index (χ1v) is 5.81. The molecule has 88 valence electrons. The SMILES string of the molecule is COc1cc(C)c(N)cc1OC1CCCC1. The molecule has 1 fully saturated rings. The summed E-state index contributed by atoms with van der Waals surface area (Å²) in [4.78, 5) is 0. The van der Waals surface area contributed by atoms with Crippen LogP contribution in [0, 0.1) is 6.92 Å². The van der Waals surface area contributed by atoms with Gasteiger partial charge in [-0.2, -0.15) is 0 Å². The monoisotopic (exact) mass is 221 g/mol. The number of benzene rings is 1. The number of nitrogens with two attached hydrogens (primary N) is 1. The van der Waals surface area contributed by atoms with Crippen LogP contribution in [0.25, 0.3) is 0 Å². The molecule has 1 aliphatic rings. The Morgan fingerprint density at radius 3 is 2.50 bits per heavy atom. The van der Waals surface area contributed by atoms with Crippen molar-refractivity contribution < 1.29 is 9.47 Å². The fraction of sp³-hybridized carbons (Fsp3) is 0.538. The highest BCUT2D eigenvalue weighted by molar-refractivity contribution is 5.57. The highest BCUT2D eigenvalue weighted by Gasteiger charge is 2.18. The molecule has 0 spiro atoms. The second-order valence-electron chi connectivity index (χ2n) is 4.38. The van der Waals surface area contributed by atoms with Gasteiger partial charge in [-0.05, 0) is 44.2 Å². The van der Waals surface area contributed by atoms with E-state index in [0.29, 0.717) is 6.10 Å². The fourth-order valence-corrected chi connectivity index (χ4v) is 2.11. The predicted molar refractivity (Wildman–Crippen MR) is 65.0 cm³/mol. The molecule has 0 saturated heterocycles. The van der Waals surface area contributed by atoms with Gasteiger partial charge < -0.3 is 15.2 Å². The van der Waals surface area contributed by atoms with Crippen LogP contribution in [0.1, 0.15) is 31.2 Å². The largest absolute Gasteiger partial charge is 0.493 e. The summed E-state index contributed by atoms with van der Waals surface area (Å²) in [5, 5.41) is 0. The Bertz CT molecular complexity index is 370. The van der Waals surface area contributed by atoms with E-state index in [9.17, 15) is 0 Å². The van der Waals surface area contributed by atoms with Crippen LogP contribution >= 0.6 is 0 Å². The van der Waals surface area contributed by atoms with Crippen LogP contribution in [0.5, 0.6) is 11.5 Å². The van der Waals surface area contributed by atoms with E-state index in [-0.39, 0.29) is 0 Å². The number of methoxy groups -OCH3 is 1. The van der Waals surface area contributed by atoms with Gasteiger partial charge >= 0.3 is 0 Å². The van der Waals surface area contributed by atoms with Crippen molar-refractivity contribution in [2.24, 2.45) is 0 Å². The molecule has 3 nitrogen and oxygen atoms in total. The topological polar surface area (TPSA) is 44.5 Å². The molecule has 0 aliphatic heterocycles. The molecule has 0 radical (unpaired) electrons. The van der Waals surface area contributed by atoms with Gasteiger partial charge in [0.05, 0.1) is 13.2 Å². The lowest BCUT2D eigenvalue weighted by Gasteiger charge is -2.17. The summed E-state index contributed by atoms with van der Waals surface area (Å²) in [6, 6.07) is 3.80. The molecule has 1 saturated carbocycles. The van der Waals surface area contributed by atoms with Crippen LogP contribution in [-0.4, -0.2) is 13.2 Å². The summed E-state index contributed by atoms with van der Waals surface area (Å²) in [7, 11) is 1.66. The van der Waals surface area contributed by atoms with Gasteiger partial charge in [-0.3, -0.25) is 0 Å².